The maximum Gasteiger partial charge on any atom is 0.404 e. The predicted molar refractivity (Wildman–Crippen MR) is 107 cm³/mol. The Labute approximate surface area is 171 Å². The number of hydrogen-bond donors (Lipinski definition) is 1. The van der Waals surface area contributed by atoms with Crippen LogP contribution < -0.4 is 5.32 Å². The topological polar surface area (TPSA) is 35.6 Å². The molecule has 0 radical (unpaired) electrons. The van der Waals surface area contributed by atoms with Crippen LogP contribution in [0.1, 0.15) is 38.7 Å². The van der Waals surface area contributed by atoms with Gasteiger partial charge in [-0.1, -0.05) is 37.3 Å². The van der Waals surface area contributed by atoms with E-state index in [0.29, 0.717) is 12.5 Å². The summed E-state index contributed by atoms with van der Waals surface area (Å²) in [5, 5.41) is 2.64. The second-order valence-electron chi connectivity index (χ2n) is 8.80. The Balaban J connectivity index is 1.60. The molecule has 2 aliphatic heterocycles. The molecule has 2 atom stereocenters. The highest BCUT2D eigenvalue weighted by atomic mass is 19.4. The van der Waals surface area contributed by atoms with Crippen LogP contribution in [-0.2, 0) is 11.3 Å². The third-order valence-electron chi connectivity index (χ3n) is 6.57. The molecule has 3 rings (SSSR count). The van der Waals surface area contributed by atoms with Crippen molar-refractivity contribution in [3.05, 3.63) is 35.9 Å². The van der Waals surface area contributed by atoms with Gasteiger partial charge in [0.1, 0.15) is 0 Å². The number of likely N-dealkylation sites (tertiary alicyclic amines) is 2. The van der Waals surface area contributed by atoms with Gasteiger partial charge in [-0.05, 0) is 57.3 Å². The standard InChI is InChI=1S/C22H32F3N3O/c1-17-8-11-28(12-9-17)18(2)14-26-20(29)21(22(23,24)25)10-13-27(16-21)15-19-6-4-3-5-7-19/h3-7,17-18H,8-16H2,1-2H3,(H,26,29). The summed E-state index contributed by atoms with van der Waals surface area (Å²) in [7, 11) is 0. The number of amides is 1. The van der Waals surface area contributed by atoms with Gasteiger partial charge in [0.05, 0.1) is 0 Å². The van der Waals surface area contributed by atoms with Crippen molar-refractivity contribution in [2.75, 3.05) is 32.7 Å². The Kier molecular flexibility index (Phi) is 6.89. The molecule has 0 aromatic heterocycles. The second-order valence-corrected chi connectivity index (χ2v) is 8.80. The van der Waals surface area contributed by atoms with E-state index in [4.69, 9.17) is 0 Å². The van der Waals surface area contributed by atoms with Crippen LogP contribution in [0.4, 0.5) is 13.2 Å². The van der Waals surface area contributed by atoms with Crippen molar-refractivity contribution in [3.8, 4) is 0 Å². The number of benzene rings is 1. The van der Waals surface area contributed by atoms with Crippen LogP contribution in [0.15, 0.2) is 30.3 Å². The lowest BCUT2D eigenvalue weighted by atomic mass is 9.85. The van der Waals surface area contributed by atoms with Gasteiger partial charge in [-0.15, -0.1) is 0 Å². The fraction of sp³-hybridized carbons (Fsp3) is 0.682. The molecule has 2 unspecified atom stereocenters. The summed E-state index contributed by atoms with van der Waals surface area (Å²) in [5.74, 6) is -0.187. The number of hydrogen-bond acceptors (Lipinski definition) is 3. The van der Waals surface area contributed by atoms with Gasteiger partial charge in [-0.2, -0.15) is 13.2 Å². The van der Waals surface area contributed by atoms with E-state index in [1.54, 1.807) is 4.90 Å². The molecular weight excluding hydrogens is 379 g/mol. The van der Waals surface area contributed by atoms with E-state index < -0.39 is 17.5 Å². The molecular formula is C22H32F3N3O. The number of rotatable bonds is 6. The largest absolute Gasteiger partial charge is 0.404 e. The van der Waals surface area contributed by atoms with Crippen molar-refractivity contribution < 1.29 is 18.0 Å². The van der Waals surface area contributed by atoms with Crippen LogP contribution in [-0.4, -0.2) is 60.6 Å². The smallest absolute Gasteiger partial charge is 0.354 e. The van der Waals surface area contributed by atoms with Crippen molar-refractivity contribution in [1.82, 2.24) is 15.1 Å². The van der Waals surface area contributed by atoms with E-state index >= 15 is 0 Å². The molecule has 7 heteroatoms. The molecule has 1 N–H and O–H groups in total. The molecule has 2 heterocycles. The first-order valence-electron chi connectivity index (χ1n) is 10.6. The number of piperidine rings is 1. The summed E-state index contributed by atoms with van der Waals surface area (Å²) in [6.45, 7) is 6.73. The molecule has 1 aromatic rings. The van der Waals surface area contributed by atoms with Gasteiger partial charge in [0.2, 0.25) is 5.91 Å². The molecule has 0 bridgehead atoms. The SMILES string of the molecule is CC1CCN(C(C)CNC(=O)C2(C(F)(F)F)CCN(Cc3ccccc3)C2)CC1. The summed E-state index contributed by atoms with van der Waals surface area (Å²) in [5.41, 5.74) is -1.36. The molecule has 0 spiro atoms. The first-order chi connectivity index (χ1) is 13.7. The predicted octanol–water partition coefficient (Wildman–Crippen LogP) is 3.68. The first kappa shape index (κ1) is 22.1. The molecule has 2 aliphatic rings. The number of halogens is 3. The maximum atomic E-state index is 14.0. The zero-order chi connectivity index (χ0) is 21.1. The zero-order valence-corrected chi connectivity index (χ0v) is 17.3. The highest BCUT2D eigenvalue weighted by Crippen LogP contribution is 2.46. The van der Waals surface area contributed by atoms with Crippen LogP contribution in [0.3, 0.4) is 0 Å². The molecule has 0 aliphatic carbocycles. The van der Waals surface area contributed by atoms with Gasteiger partial charge in [0, 0.05) is 25.7 Å². The summed E-state index contributed by atoms with van der Waals surface area (Å²) in [6.07, 6.45) is -2.56. The maximum absolute atomic E-state index is 14.0. The lowest BCUT2D eigenvalue weighted by Crippen LogP contribution is -2.55. The molecule has 2 saturated heterocycles. The fourth-order valence-corrected chi connectivity index (χ4v) is 4.42. The van der Waals surface area contributed by atoms with Crippen molar-refractivity contribution in [3.63, 3.8) is 0 Å². The summed E-state index contributed by atoms with van der Waals surface area (Å²) in [4.78, 5) is 16.8. The van der Waals surface area contributed by atoms with Gasteiger partial charge in [0.15, 0.2) is 5.41 Å². The van der Waals surface area contributed by atoms with Gasteiger partial charge in [-0.3, -0.25) is 14.6 Å². The van der Waals surface area contributed by atoms with Gasteiger partial charge in [0.25, 0.3) is 0 Å². The minimum Gasteiger partial charge on any atom is -0.354 e. The average Bonchev–Trinajstić information content (AvgIpc) is 3.12. The Bertz CT molecular complexity index is 674. The number of nitrogens with zero attached hydrogens (tertiary/aromatic N) is 2. The summed E-state index contributed by atoms with van der Waals surface area (Å²) >= 11 is 0. The van der Waals surface area contributed by atoms with Crippen LogP contribution in [0.5, 0.6) is 0 Å². The van der Waals surface area contributed by atoms with Crippen molar-refractivity contribution in [2.24, 2.45) is 11.3 Å². The number of alkyl halides is 3. The van der Waals surface area contributed by atoms with Crippen molar-refractivity contribution >= 4 is 5.91 Å². The Morgan fingerprint density at radius 3 is 2.48 bits per heavy atom. The molecule has 4 nitrogen and oxygen atoms in total. The van der Waals surface area contributed by atoms with Crippen molar-refractivity contribution in [1.29, 1.82) is 0 Å². The van der Waals surface area contributed by atoms with Gasteiger partial charge in [-0.25, -0.2) is 0 Å². The van der Waals surface area contributed by atoms with Crippen LogP contribution >= 0.6 is 0 Å². The minimum absolute atomic E-state index is 0.0403. The number of carbonyl (C=O) groups excluding carboxylic acids is 1. The second kappa shape index (κ2) is 9.04. The normalized spacial score (nSPS) is 25.8. The summed E-state index contributed by atoms with van der Waals surface area (Å²) < 4.78 is 42.0. The van der Waals surface area contributed by atoms with E-state index in [2.05, 4.69) is 17.1 Å². The Morgan fingerprint density at radius 1 is 1.21 bits per heavy atom. The van der Waals surface area contributed by atoms with E-state index in [1.807, 2.05) is 37.3 Å². The quantitative estimate of drug-likeness (QED) is 0.776. The highest BCUT2D eigenvalue weighted by molar-refractivity contribution is 5.84. The first-order valence-corrected chi connectivity index (χ1v) is 10.6. The van der Waals surface area contributed by atoms with Crippen LogP contribution in [0.25, 0.3) is 0 Å². The molecule has 1 amide bonds. The monoisotopic (exact) mass is 411 g/mol. The molecule has 2 fully saturated rings. The lowest BCUT2D eigenvalue weighted by molar-refractivity contribution is -0.218. The number of carbonyl (C=O) groups is 1. The number of nitrogens with one attached hydrogen (secondary N) is 1. The highest BCUT2D eigenvalue weighted by Gasteiger charge is 2.62. The molecule has 162 valence electrons. The lowest BCUT2D eigenvalue weighted by Gasteiger charge is -2.36. The molecule has 29 heavy (non-hydrogen) atoms. The third kappa shape index (κ3) is 5.12. The fourth-order valence-electron chi connectivity index (χ4n) is 4.42. The Hall–Kier alpha value is -1.60. The Morgan fingerprint density at radius 2 is 1.86 bits per heavy atom. The van der Waals surface area contributed by atoms with E-state index in [0.717, 1.165) is 31.5 Å². The van der Waals surface area contributed by atoms with Gasteiger partial charge < -0.3 is 5.32 Å². The van der Waals surface area contributed by atoms with Crippen LogP contribution in [0.2, 0.25) is 0 Å². The van der Waals surface area contributed by atoms with E-state index in [1.165, 1.54) is 0 Å². The summed E-state index contributed by atoms with van der Waals surface area (Å²) in [6, 6.07) is 9.46. The van der Waals surface area contributed by atoms with Gasteiger partial charge >= 0.3 is 6.18 Å². The zero-order valence-electron chi connectivity index (χ0n) is 17.3. The average molecular weight is 412 g/mol. The third-order valence-corrected chi connectivity index (χ3v) is 6.57. The minimum atomic E-state index is -4.56. The molecule has 0 saturated carbocycles. The van der Waals surface area contributed by atoms with E-state index in [9.17, 15) is 18.0 Å². The van der Waals surface area contributed by atoms with E-state index in [-0.39, 0.29) is 32.1 Å². The van der Waals surface area contributed by atoms with Crippen molar-refractivity contribution in [2.45, 2.75) is 51.9 Å². The van der Waals surface area contributed by atoms with Crippen LogP contribution in [0, 0.1) is 11.3 Å². The molecule has 1 aromatic carbocycles.